The summed E-state index contributed by atoms with van der Waals surface area (Å²) in [5.74, 6) is 7.61. The lowest BCUT2D eigenvalue weighted by molar-refractivity contribution is 0.331. The molecule has 6 aliphatic rings. The van der Waals surface area contributed by atoms with E-state index in [-0.39, 0.29) is 5.41 Å². The van der Waals surface area contributed by atoms with Crippen molar-refractivity contribution < 1.29 is 0 Å². The zero-order valence-electron chi connectivity index (χ0n) is 31.3. The van der Waals surface area contributed by atoms with Crippen LogP contribution in [0.4, 0.5) is 0 Å². The average Bonchev–Trinajstić information content (AvgIpc) is 3.83. The van der Waals surface area contributed by atoms with Crippen LogP contribution in [0.2, 0.25) is 0 Å². The van der Waals surface area contributed by atoms with Crippen LogP contribution in [0.5, 0.6) is 0 Å². The third-order valence-electron chi connectivity index (χ3n) is 14.7. The second-order valence-electron chi connectivity index (χ2n) is 16.8. The summed E-state index contributed by atoms with van der Waals surface area (Å²) in [6, 6.07) is 58.1. The summed E-state index contributed by atoms with van der Waals surface area (Å²) in [4.78, 5) is 0. The molecule has 1 nitrogen and oxygen atoms in total. The highest BCUT2D eigenvalue weighted by Gasteiger charge is 2.78. The Hall–Kier alpha value is -6.88. The maximum absolute atomic E-state index is 3.71. The number of hydrogen-bond donors (Lipinski definition) is 0. The van der Waals surface area contributed by atoms with Crippen molar-refractivity contribution in [1.82, 2.24) is 4.57 Å². The molecule has 7 aromatic carbocycles. The van der Waals surface area contributed by atoms with E-state index in [9.17, 15) is 0 Å². The van der Waals surface area contributed by atoms with Crippen LogP contribution in [0.15, 0.2) is 182 Å². The van der Waals surface area contributed by atoms with E-state index in [1.54, 1.807) is 5.57 Å². The molecule has 2 atom stereocenters. The van der Waals surface area contributed by atoms with Crippen molar-refractivity contribution in [2.24, 2.45) is 11.3 Å². The standard InChI is InChI=1S/C56H35N/c1-2-23-42-48(29-3-1)57(49-33-32-35-16-4-5-18-37(35)52(42)49)50-30-15-28-47-53(50)56(45-26-12-8-21-40(45)41-22-9-13-27-46(41)56)54-34-36(54)17-14-31-51(54)55(47)43-24-10-6-19-38(43)39-20-7-11-25-44(39)55/h3-22,24-33,36H,1,34H2. The third-order valence-corrected chi connectivity index (χ3v) is 14.7. The molecule has 57 heavy (non-hydrogen) atoms. The number of nitrogens with zero attached hydrogens (tertiary/aromatic N) is 1. The smallest absolute Gasteiger partial charge is 0.0686 e. The van der Waals surface area contributed by atoms with Crippen molar-refractivity contribution in [3.63, 3.8) is 0 Å². The van der Waals surface area contributed by atoms with Gasteiger partial charge < -0.3 is 4.57 Å². The predicted molar refractivity (Wildman–Crippen MR) is 233 cm³/mol. The van der Waals surface area contributed by atoms with Gasteiger partial charge in [-0.05, 0) is 103 Å². The van der Waals surface area contributed by atoms with E-state index in [4.69, 9.17) is 0 Å². The fourth-order valence-electron chi connectivity index (χ4n) is 13.0. The Bertz CT molecular complexity index is 3240. The van der Waals surface area contributed by atoms with Gasteiger partial charge in [-0.3, -0.25) is 0 Å². The van der Waals surface area contributed by atoms with Crippen molar-refractivity contribution in [1.29, 1.82) is 0 Å². The molecule has 0 aliphatic heterocycles. The summed E-state index contributed by atoms with van der Waals surface area (Å²) in [5, 5.41) is 3.74. The van der Waals surface area contributed by atoms with E-state index in [0.29, 0.717) is 5.92 Å². The summed E-state index contributed by atoms with van der Waals surface area (Å²) < 4.78 is 2.61. The van der Waals surface area contributed by atoms with Crippen LogP contribution in [0.25, 0.3) is 55.7 Å². The lowest BCUT2D eigenvalue weighted by atomic mass is 9.45. The van der Waals surface area contributed by atoms with Gasteiger partial charge in [0.15, 0.2) is 0 Å². The van der Waals surface area contributed by atoms with Crippen molar-refractivity contribution in [2.75, 3.05) is 0 Å². The SMILES string of the molecule is C1#Cc2c(n(-c3cccc4c3C3(c5ccccc5-c5ccccc53)C35CC3C=CC=C5C43c4ccccc4-c4ccccc43)c3ccc4ccccc4c23)C=CC1. The fraction of sp³-hybridized carbons (Fsp3) is 0.107. The Kier molecular flexibility index (Phi) is 5.48. The summed E-state index contributed by atoms with van der Waals surface area (Å²) in [7, 11) is 0. The molecule has 1 fully saturated rings. The number of allylic oxidation sites excluding steroid dienone is 5. The Balaban J connectivity index is 1.25. The van der Waals surface area contributed by atoms with Crippen molar-refractivity contribution in [3.8, 4) is 39.8 Å². The Morgan fingerprint density at radius 2 is 1.23 bits per heavy atom. The lowest BCUT2D eigenvalue weighted by Gasteiger charge is -2.56. The molecule has 14 rings (SSSR count). The quantitative estimate of drug-likeness (QED) is 0.149. The van der Waals surface area contributed by atoms with Gasteiger partial charge in [0.25, 0.3) is 0 Å². The van der Waals surface area contributed by atoms with Crippen LogP contribution < -0.4 is 0 Å². The highest BCUT2D eigenvalue weighted by Crippen LogP contribution is 2.83. The molecule has 0 amide bonds. The summed E-state index contributed by atoms with van der Waals surface area (Å²) >= 11 is 0. The van der Waals surface area contributed by atoms with E-state index in [1.165, 1.54) is 88.7 Å². The molecule has 0 bridgehead atoms. The first-order valence-corrected chi connectivity index (χ1v) is 20.4. The first kappa shape index (κ1) is 30.4. The minimum atomic E-state index is -0.474. The van der Waals surface area contributed by atoms with Gasteiger partial charge >= 0.3 is 0 Å². The molecule has 1 saturated carbocycles. The molecular formula is C56H35N. The number of hydrogen-bond acceptors (Lipinski definition) is 0. The van der Waals surface area contributed by atoms with Gasteiger partial charge in [-0.1, -0.05) is 176 Å². The van der Waals surface area contributed by atoms with Crippen LogP contribution in [-0.2, 0) is 10.8 Å². The molecule has 1 aromatic heterocycles. The highest BCUT2D eigenvalue weighted by atomic mass is 15.0. The van der Waals surface area contributed by atoms with Gasteiger partial charge in [-0.25, -0.2) is 0 Å². The molecule has 2 unspecified atom stereocenters. The number of fused-ring (bicyclic) bond motifs is 19. The lowest BCUT2D eigenvalue weighted by Crippen LogP contribution is -2.53. The van der Waals surface area contributed by atoms with Gasteiger partial charge in [-0.2, -0.15) is 0 Å². The van der Waals surface area contributed by atoms with Gasteiger partial charge in [0.1, 0.15) is 0 Å². The number of benzene rings is 7. The molecule has 264 valence electrons. The van der Waals surface area contributed by atoms with Crippen molar-refractivity contribution in [2.45, 2.75) is 23.7 Å². The second-order valence-corrected chi connectivity index (χ2v) is 16.8. The molecular weight excluding hydrogens is 687 g/mol. The fourth-order valence-corrected chi connectivity index (χ4v) is 13.0. The molecule has 1 heterocycles. The highest BCUT2D eigenvalue weighted by molar-refractivity contribution is 6.12. The Morgan fingerprint density at radius 1 is 0.596 bits per heavy atom. The molecule has 0 N–H and O–H groups in total. The number of aromatic nitrogens is 1. The summed E-state index contributed by atoms with van der Waals surface area (Å²) in [5.41, 5.74) is 19.1. The average molecular weight is 722 g/mol. The summed E-state index contributed by atoms with van der Waals surface area (Å²) in [6.45, 7) is 0. The van der Waals surface area contributed by atoms with Crippen LogP contribution in [-0.4, -0.2) is 4.57 Å². The van der Waals surface area contributed by atoms with E-state index in [0.717, 1.165) is 18.4 Å². The van der Waals surface area contributed by atoms with E-state index >= 15 is 0 Å². The van der Waals surface area contributed by atoms with Gasteiger partial charge in [0, 0.05) is 17.2 Å². The topological polar surface area (TPSA) is 4.93 Å². The van der Waals surface area contributed by atoms with E-state index < -0.39 is 10.8 Å². The normalized spacial score (nSPS) is 21.0. The molecule has 0 radical (unpaired) electrons. The molecule has 0 saturated heterocycles. The zero-order chi connectivity index (χ0) is 37.1. The maximum atomic E-state index is 3.71. The van der Waals surface area contributed by atoms with Gasteiger partial charge in [0.2, 0.25) is 0 Å². The Morgan fingerprint density at radius 3 is 1.96 bits per heavy atom. The maximum Gasteiger partial charge on any atom is 0.0686 e. The van der Waals surface area contributed by atoms with Crippen LogP contribution in [0.1, 0.15) is 57.5 Å². The van der Waals surface area contributed by atoms with Gasteiger partial charge in [0.05, 0.1) is 33.3 Å². The van der Waals surface area contributed by atoms with Crippen molar-refractivity contribution >= 4 is 27.8 Å². The second kappa shape index (κ2) is 10.3. The minimum absolute atomic E-state index is 0.194. The van der Waals surface area contributed by atoms with Crippen LogP contribution >= 0.6 is 0 Å². The first-order valence-electron chi connectivity index (χ1n) is 20.4. The monoisotopic (exact) mass is 721 g/mol. The van der Waals surface area contributed by atoms with Gasteiger partial charge in [-0.15, -0.1) is 0 Å². The minimum Gasteiger partial charge on any atom is -0.308 e. The number of rotatable bonds is 1. The molecule has 1 heteroatoms. The van der Waals surface area contributed by atoms with Crippen molar-refractivity contribution in [3.05, 3.63) is 226 Å². The largest absolute Gasteiger partial charge is 0.308 e. The third kappa shape index (κ3) is 3.25. The van der Waals surface area contributed by atoms with Crippen LogP contribution in [0, 0.1) is 23.2 Å². The predicted octanol–water partition coefficient (Wildman–Crippen LogP) is 12.7. The summed E-state index contributed by atoms with van der Waals surface area (Å²) in [6.07, 6.45) is 13.9. The van der Waals surface area contributed by atoms with Crippen LogP contribution in [0.3, 0.4) is 0 Å². The van der Waals surface area contributed by atoms with E-state index in [1.807, 2.05) is 0 Å². The molecule has 6 aliphatic carbocycles. The first-order chi connectivity index (χ1) is 28.3. The van der Waals surface area contributed by atoms with E-state index in [2.05, 4.69) is 198 Å². The molecule has 3 spiro atoms. The zero-order valence-corrected chi connectivity index (χ0v) is 31.3. The Labute approximate surface area is 332 Å². The molecule has 8 aromatic rings.